The molecule has 5 nitrogen and oxygen atoms in total. The Morgan fingerprint density at radius 2 is 2.14 bits per heavy atom. The van der Waals surface area contributed by atoms with Gasteiger partial charge in [0.05, 0.1) is 13.7 Å². The molecule has 0 saturated heterocycles. The summed E-state index contributed by atoms with van der Waals surface area (Å²) in [5.41, 5.74) is 0.927. The molecule has 1 rings (SSSR count). The third kappa shape index (κ3) is 6.16. The van der Waals surface area contributed by atoms with Gasteiger partial charge in [0.1, 0.15) is 5.75 Å². The summed E-state index contributed by atoms with van der Waals surface area (Å²) in [6.07, 6.45) is 4.00. The van der Waals surface area contributed by atoms with Gasteiger partial charge in [-0.3, -0.25) is 0 Å². The highest BCUT2D eigenvalue weighted by atomic mass is 16.5. The van der Waals surface area contributed by atoms with Gasteiger partial charge in [0.15, 0.2) is 12.4 Å². The summed E-state index contributed by atoms with van der Waals surface area (Å²) in [6, 6.07) is 6.74. The molecule has 0 heterocycles. The Balaban J connectivity index is 2.64. The second kappa shape index (κ2) is 9.63. The molecule has 0 saturated carbocycles. The first-order valence-corrected chi connectivity index (χ1v) is 6.49. The third-order valence-corrected chi connectivity index (χ3v) is 2.72. The Morgan fingerprint density at radius 3 is 2.71 bits per heavy atom. The van der Waals surface area contributed by atoms with Gasteiger partial charge in [-0.05, 0) is 24.1 Å². The molecule has 6 heteroatoms. The highest BCUT2D eigenvalue weighted by Crippen LogP contribution is 2.15. The van der Waals surface area contributed by atoms with Crippen LogP contribution in [-0.2, 0) is 20.6 Å². The molecule has 0 N–H and O–H groups in total. The maximum absolute atomic E-state index is 11.6. The van der Waals surface area contributed by atoms with Gasteiger partial charge in [-0.15, -0.1) is 6.58 Å². The Hall–Kier alpha value is -2.24. The average molecular weight is 287 g/mol. The van der Waals surface area contributed by atoms with Crippen LogP contribution in [0.5, 0.6) is 5.75 Å². The monoisotopic (exact) mass is 287 g/mol. The molecule has 0 amide bonds. The van der Waals surface area contributed by atoms with Gasteiger partial charge in [0, 0.05) is 6.42 Å². The van der Waals surface area contributed by atoms with Crippen molar-refractivity contribution in [3.63, 3.8) is 0 Å². The number of hydrogen-bond acceptors (Lipinski definition) is 5. The van der Waals surface area contributed by atoms with E-state index in [2.05, 4.69) is 21.0 Å². The zero-order valence-electron chi connectivity index (χ0n) is 12.0. The van der Waals surface area contributed by atoms with E-state index >= 15 is 0 Å². The minimum Gasteiger partial charge on any atom is -0.560 e. The predicted molar refractivity (Wildman–Crippen MR) is 81.6 cm³/mol. The zero-order chi connectivity index (χ0) is 15.5. The number of carbonyl (C=O) groups is 1. The molecule has 0 aliphatic heterocycles. The molecule has 1 aromatic rings. The van der Waals surface area contributed by atoms with E-state index in [1.165, 1.54) is 7.11 Å². The topological polar surface area (TPSA) is 57.1 Å². The lowest BCUT2D eigenvalue weighted by molar-refractivity contribution is -0.142. The van der Waals surface area contributed by atoms with Gasteiger partial charge in [0.25, 0.3) is 0 Å². The maximum Gasteiger partial charge on any atom is 0.375 e. The summed E-state index contributed by atoms with van der Waals surface area (Å²) in [6.45, 7) is 4.22. The van der Waals surface area contributed by atoms with Crippen LogP contribution in [-0.4, -0.2) is 40.2 Å². The second-order valence-electron chi connectivity index (χ2n) is 4.20. The zero-order valence-corrected chi connectivity index (χ0v) is 12.0. The molecule has 21 heavy (non-hydrogen) atoms. The first kappa shape index (κ1) is 16.8. The molecule has 110 valence electrons. The molecule has 1 aromatic carbocycles. The van der Waals surface area contributed by atoms with Crippen LogP contribution in [0.4, 0.5) is 0 Å². The molecule has 0 fully saturated rings. The molecule has 0 aromatic heterocycles. The number of benzene rings is 1. The molecule has 0 unspecified atom stereocenters. The van der Waals surface area contributed by atoms with E-state index in [4.69, 9.17) is 12.8 Å². The van der Waals surface area contributed by atoms with Crippen LogP contribution in [0.25, 0.3) is 0 Å². The highest BCUT2D eigenvalue weighted by Gasteiger charge is 2.18. The molecular weight excluding hydrogens is 269 g/mol. The summed E-state index contributed by atoms with van der Waals surface area (Å²) >= 11 is 0. The van der Waals surface area contributed by atoms with Gasteiger partial charge in [-0.1, -0.05) is 18.2 Å². The van der Waals surface area contributed by atoms with Crippen LogP contribution >= 0.6 is 0 Å². The molecule has 0 aliphatic carbocycles. The smallest absolute Gasteiger partial charge is 0.375 e. The Labute approximate surface area is 126 Å². The van der Waals surface area contributed by atoms with E-state index in [9.17, 15) is 4.79 Å². The lowest BCUT2D eigenvalue weighted by atomic mass is 10.1. The molecule has 0 bridgehead atoms. The summed E-state index contributed by atoms with van der Waals surface area (Å²) in [7, 11) is 6.17. The quantitative estimate of drug-likeness (QED) is 0.174. The van der Waals surface area contributed by atoms with Crippen molar-refractivity contribution in [1.82, 2.24) is 0 Å². The number of carbonyl (C=O) groups excluding carboxylic acids is 1. The van der Waals surface area contributed by atoms with Crippen LogP contribution in [0.3, 0.4) is 0 Å². The van der Waals surface area contributed by atoms with Crippen LogP contribution in [0, 0.1) is 0 Å². The van der Waals surface area contributed by atoms with Crippen molar-refractivity contribution in [3.8, 4) is 5.75 Å². The van der Waals surface area contributed by atoms with E-state index in [1.807, 2.05) is 24.3 Å². The lowest BCUT2D eigenvalue weighted by Gasteiger charge is -2.11. The first-order chi connectivity index (χ1) is 10.2. The SMILES string of the molecule is [B]OC=N[C@@H](Cc1ccc(OCCC=C)cc1)C(=O)OC. The number of nitrogens with zero attached hydrogens (tertiary/aromatic N) is 1. The number of methoxy groups -OCH3 is 1. The van der Waals surface area contributed by atoms with Crippen molar-refractivity contribution < 1.29 is 18.9 Å². The van der Waals surface area contributed by atoms with E-state index in [0.717, 1.165) is 24.1 Å². The second-order valence-corrected chi connectivity index (χ2v) is 4.20. The van der Waals surface area contributed by atoms with Crippen molar-refractivity contribution in [2.24, 2.45) is 4.99 Å². The third-order valence-electron chi connectivity index (χ3n) is 2.72. The van der Waals surface area contributed by atoms with Crippen molar-refractivity contribution in [2.45, 2.75) is 18.9 Å². The van der Waals surface area contributed by atoms with E-state index in [1.54, 1.807) is 6.08 Å². The fourth-order valence-corrected chi connectivity index (χ4v) is 1.65. The maximum atomic E-state index is 11.6. The van der Waals surface area contributed by atoms with E-state index in [-0.39, 0.29) is 0 Å². The largest absolute Gasteiger partial charge is 0.560 e. The van der Waals surface area contributed by atoms with Crippen LogP contribution in [0.15, 0.2) is 41.9 Å². The fourth-order valence-electron chi connectivity index (χ4n) is 1.65. The van der Waals surface area contributed by atoms with Crippen molar-refractivity contribution >= 4 is 20.4 Å². The lowest BCUT2D eigenvalue weighted by Crippen LogP contribution is -2.23. The number of rotatable bonds is 9. The molecular formula is C15H18BNO4. The van der Waals surface area contributed by atoms with Crippen LogP contribution in [0.1, 0.15) is 12.0 Å². The van der Waals surface area contributed by atoms with Crippen molar-refractivity contribution in [2.75, 3.05) is 13.7 Å². The minimum absolute atomic E-state index is 0.388. The molecule has 0 aliphatic rings. The first-order valence-electron chi connectivity index (χ1n) is 6.49. The summed E-state index contributed by atoms with van der Waals surface area (Å²) in [5.74, 6) is 0.318. The van der Waals surface area contributed by atoms with E-state index < -0.39 is 12.0 Å². The summed E-state index contributed by atoms with van der Waals surface area (Å²) < 4.78 is 14.4. The van der Waals surface area contributed by atoms with Crippen LogP contribution in [0.2, 0.25) is 0 Å². The Bertz CT molecular complexity index is 473. The summed E-state index contributed by atoms with van der Waals surface area (Å²) in [5, 5.41) is 0. The van der Waals surface area contributed by atoms with Gasteiger partial charge >= 0.3 is 14.0 Å². The molecule has 1 atom stereocenters. The normalized spacial score (nSPS) is 11.9. The molecule has 0 spiro atoms. The van der Waals surface area contributed by atoms with Crippen LogP contribution < -0.4 is 4.74 Å². The number of hydrogen-bond donors (Lipinski definition) is 0. The molecule has 2 radical (unpaired) electrons. The predicted octanol–water partition coefficient (Wildman–Crippen LogP) is 1.85. The standard InChI is InChI=1S/C15H18BNO4/c1-3-4-9-20-13-7-5-12(6-8-13)10-14(15(18)19-2)17-11-21-16/h3,5-8,11,14H,1,4,9-10H2,2H3/t14-/m0/s1. The van der Waals surface area contributed by atoms with Gasteiger partial charge in [-0.2, -0.15) is 0 Å². The fraction of sp³-hybridized carbons (Fsp3) is 0.333. The van der Waals surface area contributed by atoms with Crippen molar-refractivity contribution in [3.05, 3.63) is 42.5 Å². The van der Waals surface area contributed by atoms with Gasteiger partial charge < -0.3 is 14.1 Å². The van der Waals surface area contributed by atoms with Crippen molar-refractivity contribution in [1.29, 1.82) is 0 Å². The number of aliphatic imine (C=N–C) groups is 1. The van der Waals surface area contributed by atoms with Gasteiger partial charge in [-0.25, -0.2) is 9.79 Å². The number of esters is 1. The average Bonchev–Trinajstić information content (AvgIpc) is 2.52. The van der Waals surface area contributed by atoms with Gasteiger partial charge in [0.2, 0.25) is 0 Å². The Morgan fingerprint density at radius 1 is 1.43 bits per heavy atom. The number of ether oxygens (including phenoxy) is 2. The van der Waals surface area contributed by atoms with E-state index in [0.29, 0.717) is 13.0 Å². The minimum atomic E-state index is -0.689. The highest BCUT2D eigenvalue weighted by molar-refractivity contribution is 6.02. The Kier molecular flexibility index (Phi) is 7.72. The summed E-state index contributed by atoms with van der Waals surface area (Å²) in [4.78, 5) is 15.5.